The van der Waals surface area contributed by atoms with Gasteiger partial charge in [0.2, 0.25) is 17.8 Å². The fourth-order valence-electron chi connectivity index (χ4n) is 3.47. The van der Waals surface area contributed by atoms with Gasteiger partial charge in [0, 0.05) is 31.3 Å². The number of benzene rings is 2. The largest absolute Gasteiger partial charge is 0.493 e. The molecule has 33 heavy (non-hydrogen) atoms. The van der Waals surface area contributed by atoms with Crippen molar-refractivity contribution in [1.29, 1.82) is 0 Å². The van der Waals surface area contributed by atoms with Gasteiger partial charge in [-0.25, -0.2) is 4.98 Å². The van der Waals surface area contributed by atoms with E-state index in [-0.39, 0.29) is 24.3 Å². The van der Waals surface area contributed by atoms with Crippen LogP contribution in [0.4, 0.5) is 5.95 Å². The van der Waals surface area contributed by atoms with E-state index >= 15 is 0 Å². The molecule has 0 aliphatic heterocycles. The first-order valence-corrected chi connectivity index (χ1v) is 10.7. The first-order valence-electron chi connectivity index (χ1n) is 10.7. The van der Waals surface area contributed by atoms with Crippen LogP contribution in [0.3, 0.4) is 0 Å². The molecule has 0 unspecified atom stereocenters. The maximum atomic E-state index is 12.9. The molecule has 2 amide bonds. The van der Waals surface area contributed by atoms with Crippen LogP contribution in [-0.2, 0) is 9.59 Å². The quantitative estimate of drug-likeness (QED) is 0.533. The standard InChI is InChI=1S/C25H30N4O4/c1-17(2)14-28(18(3)30)16-24(31)27-25-26-21(19-9-7-6-8-10-19)15-29(25)20-11-12-22(32-4)23(13-20)33-5/h6-13,15,17H,14,16H2,1-5H3,(H,26,27,31). The molecule has 8 nitrogen and oxygen atoms in total. The normalized spacial score (nSPS) is 10.7. The highest BCUT2D eigenvalue weighted by Gasteiger charge is 2.19. The molecule has 1 heterocycles. The third-order valence-corrected chi connectivity index (χ3v) is 5.04. The highest BCUT2D eigenvalue weighted by Crippen LogP contribution is 2.31. The molecule has 1 aromatic heterocycles. The smallest absolute Gasteiger partial charge is 0.246 e. The van der Waals surface area contributed by atoms with Crippen molar-refractivity contribution in [3.8, 4) is 28.4 Å². The number of nitrogens with one attached hydrogen (secondary N) is 1. The Bertz CT molecular complexity index is 1110. The maximum Gasteiger partial charge on any atom is 0.246 e. The Hall–Kier alpha value is -3.81. The summed E-state index contributed by atoms with van der Waals surface area (Å²) in [5, 5.41) is 2.87. The van der Waals surface area contributed by atoms with Gasteiger partial charge in [0.25, 0.3) is 0 Å². The summed E-state index contributed by atoms with van der Waals surface area (Å²) in [5.74, 6) is 1.28. The van der Waals surface area contributed by atoms with Crippen LogP contribution < -0.4 is 14.8 Å². The van der Waals surface area contributed by atoms with Gasteiger partial charge >= 0.3 is 0 Å². The number of carbonyl (C=O) groups excluding carboxylic acids is 2. The van der Waals surface area contributed by atoms with Gasteiger partial charge in [0.15, 0.2) is 11.5 Å². The third-order valence-electron chi connectivity index (χ3n) is 5.04. The van der Waals surface area contributed by atoms with Crippen LogP contribution >= 0.6 is 0 Å². The molecule has 0 radical (unpaired) electrons. The van der Waals surface area contributed by atoms with E-state index in [0.29, 0.717) is 29.7 Å². The van der Waals surface area contributed by atoms with Crippen molar-refractivity contribution in [2.45, 2.75) is 20.8 Å². The summed E-state index contributed by atoms with van der Waals surface area (Å²) >= 11 is 0. The zero-order chi connectivity index (χ0) is 24.0. The second-order valence-electron chi connectivity index (χ2n) is 8.07. The lowest BCUT2D eigenvalue weighted by atomic mass is 10.2. The predicted octanol–water partition coefficient (Wildman–Crippen LogP) is 4.00. The Labute approximate surface area is 194 Å². The zero-order valence-corrected chi connectivity index (χ0v) is 19.7. The molecule has 0 spiro atoms. The van der Waals surface area contributed by atoms with Gasteiger partial charge < -0.3 is 14.4 Å². The molecule has 0 bridgehead atoms. The summed E-state index contributed by atoms with van der Waals surface area (Å²) in [6.07, 6.45) is 1.85. The van der Waals surface area contributed by atoms with Crippen molar-refractivity contribution >= 4 is 17.8 Å². The van der Waals surface area contributed by atoms with Gasteiger partial charge in [-0.3, -0.25) is 19.5 Å². The van der Waals surface area contributed by atoms with E-state index in [1.54, 1.807) is 24.9 Å². The molecule has 3 aromatic rings. The van der Waals surface area contributed by atoms with Gasteiger partial charge in [-0.2, -0.15) is 0 Å². The Morgan fingerprint density at radius 1 is 1.06 bits per heavy atom. The van der Waals surface area contributed by atoms with E-state index in [9.17, 15) is 9.59 Å². The summed E-state index contributed by atoms with van der Waals surface area (Å²) < 4.78 is 12.6. The Morgan fingerprint density at radius 3 is 2.36 bits per heavy atom. The van der Waals surface area contributed by atoms with Crippen LogP contribution in [0, 0.1) is 5.92 Å². The van der Waals surface area contributed by atoms with Gasteiger partial charge in [-0.15, -0.1) is 0 Å². The van der Waals surface area contributed by atoms with Crippen LogP contribution in [0.5, 0.6) is 11.5 Å². The first kappa shape index (κ1) is 23.8. The molecule has 0 saturated heterocycles. The van der Waals surface area contributed by atoms with Crippen molar-refractivity contribution in [3.63, 3.8) is 0 Å². The third kappa shape index (κ3) is 5.91. The molecule has 3 rings (SSSR count). The Balaban J connectivity index is 1.97. The second-order valence-corrected chi connectivity index (χ2v) is 8.07. The Kier molecular flexibility index (Phi) is 7.71. The number of imidazole rings is 1. The van der Waals surface area contributed by atoms with E-state index in [1.807, 2.05) is 62.5 Å². The van der Waals surface area contributed by atoms with E-state index in [1.165, 1.54) is 11.8 Å². The number of aromatic nitrogens is 2. The number of nitrogens with zero attached hydrogens (tertiary/aromatic N) is 3. The number of rotatable bonds is 9. The molecule has 174 valence electrons. The van der Waals surface area contributed by atoms with E-state index < -0.39 is 0 Å². The predicted molar refractivity (Wildman–Crippen MR) is 128 cm³/mol. The summed E-state index contributed by atoms with van der Waals surface area (Å²) in [7, 11) is 3.14. The van der Waals surface area contributed by atoms with Crippen LogP contribution in [0.2, 0.25) is 0 Å². The maximum absolute atomic E-state index is 12.9. The lowest BCUT2D eigenvalue weighted by molar-refractivity contribution is -0.133. The monoisotopic (exact) mass is 450 g/mol. The number of hydrogen-bond acceptors (Lipinski definition) is 5. The van der Waals surface area contributed by atoms with Crippen molar-refractivity contribution in [2.75, 3.05) is 32.6 Å². The molecule has 2 aromatic carbocycles. The van der Waals surface area contributed by atoms with Crippen molar-refractivity contribution in [2.24, 2.45) is 5.92 Å². The van der Waals surface area contributed by atoms with Gasteiger partial charge in [-0.1, -0.05) is 44.2 Å². The summed E-state index contributed by atoms with van der Waals surface area (Å²) in [6, 6.07) is 15.2. The zero-order valence-electron chi connectivity index (χ0n) is 19.7. The van der Waals surface area contributed by atoms with Crippen LogP contribution in [-0.4, -0.2) is 53.6 Å². The number of anilines is 1. The lowest BCUT2D eigenvalue weighted by Crippen LogP contribution is -2.39. The van der Waals surface area contributed by atoms with Crippen LogP contribution in [0.25, 0.3) is 16.9 Å². The molecule has 0 aliphatic carbocycles. The summed E-state index contributed by atoms with van der Waals surface area (Å²) in [5.41, 5.74) is 2.35. The van der Waals surface area contributed by atoms with Gasteiger partial charge in [0.1, 0.15) is 0 Å². The Morgan fingerprint density at radius 2 is 1.76 bits per heavy atom. The fraction of sp³-hybridized carbons (Fsp3) is 0.320. The minimum Gasteiger partial charge on any atom is -0.493 e. The molecule has 0 atom stereocenters. The first-order chi connectivity index (χ1) is 15.8. The van der Waals surface area contributed by atoms with E-state index in [4.69, 9.17) is 9.47 Å². The molecule has 0 saturated carbocycles. The average Bonchev–Trinajstić information content (AvgIpc) is 3.21. The topological polar surface area (TPSA) is 85.7 Å². The molecule has 0 fully saturated rings. The SMILES string of the molecule is COc1ccc(-n2cc(-c3ccccc3)nc2NC(=O)CN(CC(C)C)C(C)=O)cc1OC. The van der Waals surface area contributed by atoms with Crippen LogP contribution in [0.15, 0.2) is 54.7 Å². The summed E-state index contributed by atoms with van der Waals surface area (Å²) in [4.78, 5) is 31.0. The number of methoxy groups -OCH3 is 2. The highest BCUT2D eigenvalue weighted by molar-refractivity contribution is 5.93. The molecule has 1 N–H and O–H groups in total. The van der Waals surface area contributed by atoms with Gasteiger partial charge in [0.05, 0.1) is 32.1 Å². The average molecular weight is 451 g/mol. The minimum atomic E-state index is -0.321. The number of hydrogen-bond donors (Lipinski definition) is 1. The molecule has 8 heteroatoms. The second kappa shape index (κ2) is 10.7. The number of ether oxygens (including phenoxy) is 2. The number of carbonyl (C=O) groups is 2. The highest BCUT2D eigenvalue weighted by atomic mass is 16.5. The molecular weight excluding hydrogens is 420 g/mol. The van der Waals surface area contributed by atoms with Crippen LogP contribution in [0.1, 0.15) is 20.8 Å². The van der Waals surface area contributed by atoms with Crippen molar-refractivity contribution in [1.82, 2.24) is 14.5 Å². The minimum absolute atomic E-state index is 0.0486. The van der Waals surface area contributed by atoms with Crippen molar-refractivity contribution in [3.05, 3.63) is 54.7 Å². The fourth-order valence-corrected chi connectivity index (χ4v) is 3.47. The van der Waals surface area contributed by atoms with E-state index in [0.717, 1.165) is 11.3 Å². The van der Waals surface area contributed by atoms with Crippen molar-refractivity contribution < 1.29 is 19.1 Å². The molecule has 0 aliphatic rings. The molecular formula is C25H30N4O4. The van der Waals surface area contributed by atoms with Gasteiger partial charge in [-0.05, 0) is 18.1 Å². The number of amides is 2. The summed E-state index contributed by atoms with van der Waals surface area (Å²) in [6.45, 7) is 5.93. The lowest BCUT2D eigenvalue weighted by Gasteiger charge is -2.22. The van der Waals surface area contributed by atoms with E-state index in [2.05, 4.69) is 10.3 Å².